The van der Waals surface area contributed by atoms with Gasteiger partial charge in [-0.15, -0.1) is 0 Å². The molecule has 0 aliphatic carbocycles. The second-order valence-corrected chi connectivity index (χ2v) is 4.94. The molecule has 2 rings (SSSR count). The Labute approximate surface area is 122 Å². The average Bonchev–Trinajstić information content (AvgIpc) is 2.34. The highest BCUT2D eigenvalue weighted by molar-refractivity contribution is 9.10. The van der Waals surface area contributed by atoms with Crippen LogP contribution >= 0.6 is 27.5 Å². The Morgan fingerprint density at radius 3 is 2.55 bits per heavy atom. The minimum Gasteiger partial charge on any atom is -0.302 e. The van der Waals surface area contributed by atoms with Crippen molar-refractivity contribution in [2.24, 2.45) is 0 Å². The van der Waals surface area contributed by atoms with Crippen molar-refractivity contribution in [1.82, 2.24) is 9.97 Å². The molecule has 0 spiro atoms. The van der Waals surface area contributed by atoms with Crippen LogP contribution in [0.5, 0.6) is 0 Å². The van der Waals surface area contributed by atoms with Crippen molar-refractivity contribution in [1.29, 1.82) is 0 Å². The maximum atomic E-state index is 13.9. The minimum atomic E-state index is -4.77. The topological polar surface area (TPSA) is 45.8 Å². The summed E-state index contributed by atoms with van der Waals surface area (Å²) in [5, 5.41) is -0.307. The van der Waals surface area contributed by atoms with Crippen molar-refractivity contribution >= 4 is 27.5 Å². The number of nitrogens with zero attached hydrogens (tertiary/aromatic N) is 1. The lowest BCUT2D eigenvalue weighted by atomic mass is 10.1. The molecule has 2 aromatic rings. The van der Waals surface area contributed by atoms with Gasteiger partial charge in [0, 0.05) is 10.0 Å². The highest BCUT2D eigenvalue weighted by atomic mass is 79.9. The summed E-state index contributed by atoms with van der Waals surface area (Å²) < 4.78 is 51.9. The second-order valence-electron chi connectivity index (χ2n) is 3.71. The summed E-state index contributed by atoms with van der Waals surface area (Å²) in [7, 11) is 0. The van der Waals surface area contributed by atoms with Gasteiger partial charge in [0.05, 0.1) is 10.7 Å². The van der Waals surface area contributed by atoms with E-state index < -0.39 is 29.1 Å². The molecule has 106 valence electrons. The van der Waals surface area contributed by atoms with Crippen molar-refractivity contribution in [3.8, 4) is 11.3 Å². The Balaban J connectivity index is 2.68. The van der Waals surface area contributed by atoms with E-state index >= 15 is 0 Å². The van der Waals surface area contributed by atoms with E-state index in [2.05, 4.69) is 20.9 Å². The first-order chi connectivity index (χ1) is 9.20. The summed E-state index contributed by atoms with van der Waals surface area (Å²) in [5.41, 5.74) is -3.29. The molecule has 0 unspecified atom stereocenters. The number of halogens is 6. The quantitative estimate of drug-likeness (QED) is 0.608. The van der Waals surface area contributed by atoms with Crippen LogP contribution in [-0.2, 0) is 6.18 Å². The third-order valence-corrected chi connectivity index (χ3v) is 3.62. The van der Waals surface area contributed by atoms with Crippen molar-refractivity contribution < 1.29 is 17.6 Å². The van der Waals surface area contributed by atoms with E-state index in [-0.39, 0.29) is 15.1 Å². The molecule has 1 aromatic carbocycles. The van der Waals surface area contributed by atoms with E-state index in [1.54, 1.807) is 4.98 Å². The molecular formula is C11H4BrClF4N2O. The fourth-order valence-electron chi connectivity index (χ4n) is 1.47. The van der Waals surface area contributed by atoms with Gasteiger partial charge in [0.1, 0.15) is 5.69 Å². The number of rotatable bonds is 1. The van der Waals surface area contributed by atoms with E-state index in [1.165, 1.54) is 12.1 Å². The molecule has 0 atom stereocenters. The number of nitrogens with one attached hydrogen (secondary N) is 1. The summed E-state index contributed by atoms with van der Waals surface area (Å²) in [4.78, 5) is 16.0. The highest BCUT2D eigenvalue weighted by Gasteiger charge is 2.33. The zero-order chi connectivity index (χ0) is 15.1. The van der Waals surface area contributed by atoms with Crippen LogP contribution in [0.15, 0.2) is 27.5 Å². The maximum absolute atomic E-state index is 13.9. The van der Waals surface area contributed by atoms with Gasteiger partial charge in [-0.1, -0.05) is 11.6 Å². The second kappa shape index (κ2) is 5.17. The molecule has 0 aliphatic heterocycles. The molecule has 1 aromatic heterocycles. The third kappa shape index (κ3) is 2.85. The Kier molecular flexibility index (Phi) is 3.88. The normalized spacial score (nSPS) is 11.7. The van der Waals surface area contributed by atoms with Gasteiger partial charge in [-0.05, 0) is 34.1 Å². The Bertz CT molecular complexity index is 729. The summed E-state index contributed by atoms with van der Waals surface area (Å²) in [6.07, 6.45) is -4.77. The predicted molar refractivity (Wildman–Crippen MR) is 68.0 cm³/mol. The molecule has 9 heteroatoms. The van der Waals surface area contributed by atoms with Crippen LogP contribution in [0.1, 0.15) is 5.69 Å². The number of aromatic nitrogens is 2. The van der Waals surface area contributed by atoms with Crippen LogP contribution < -0.4 is 5.69 Å². The summed E-state index contributed by atoms with van der Waals surface area (Å²) in [6, 6.07) is 3.06. The van der Waals surface area contributed by atoms with Crippen molar-refractivity contribution in [3.63, 3.8) is 0 Å². The van der Waals surface area contributed by atoms with Gasteiger partial charge in [0.15, 0.2) is 5.82 Å². The smallest absolute Gasteiger partial charge is 0.302 e. The number of H-pyrrole nitrogens is 1. The zero-order valence-corrected chi connectivity index (χ0v) is 11.7. The number of benzene rings is 1. The van der Waals surface area contributed by atoms with Gasteiger partial charge in [-0.3, -0.25) is 0 Å². The first-order valence-electron chi connectivity index (χ1n) is 5.02. The molecule has 1 N–H and O–H groups in total. The van der Waals surface area contributed by atoms with Crippen molar-refractivity contribution in [3.05, 3.63) is 49.7 Å². The largest absolute Gasteiger partial charge is 0.431 e. The summed E-state index contributed by atoms with van der Waals surface area (Å²) in [6.45, 7) is 0. The van der Waals surface area contributed by atoms with Crippen LogP contribution in [0.3, 0.4) is 0 Å². The maximum Gasteiger partial charge on any atom is 0.431 e. The van der Waals surface area contributed by atoms with Crippen LogP contribution in [0.25, 0.3) is 11.3 Å². The molecule has 3 nitrogen and oxygen atoms in total. The van der Waals surface area contributed by atoms with Gasteiger partial charge in [0.2, 0.25) is 0 Å². The lowest BCUT2D eigenvalue weighted by molar-refractivity contribution is -0.141. The molecule has 0 saturated carbocycles. The van der Waals surface area contributed by atoms with Gasteiger partial charge >= 0.3 is 11.9 Å². The Hall–Kier alpha value is -1.41. The van der Waals surface area contributed by atoms with E-state index in [0.717, 1.165) is 0 Å². The van der Waals surface area contributed by atoms with Crippen molar-refractivity contribution in [2.45, 2.75) is 6.18 Å². The summed E-state index contributed by atoms with van der Waals surface area (Å²) in [5.74, 6) is -0.965. The van der Waals surface area contributed by atoms with Crippen LogP contribution in [0.2, 0.25) is 5.02 Å². The van der Waals surface area contributed by atoms with Gasteiger partial charge in [0.25, 0.3) is 0 Å². The zero-order valence-electron chi connectivity index (χ0n) is 9.36. The van der Waals surface area contributed by atoms with Crippen LogP contribution in [-0.4, -0.2) is 9.97 Å². The van der Waals surface area contributed by atoms with E-state index in [0.29, 0.717) is 6.07 Å². The Morgan fingerprint density at radius 2 is 1.95 bits per heavy atom. The van der Waals surface area contributed by atoms with E-state index in [9.17, 15) is 22.4 Å². The fourth-order valence-corrected chi connectivity index (χ4v) is 1.94. The fraction of sp³-hybridized carbons (Fsp3) is 0.0909. The average molecular weight is 372 g/mol. The highest BCUT2D eigenvalue weighted by Crippen LogP contribution is 2.34. The molecular weight excluding hydrogens is 367 g/mol. The minimum absolute atomic E-state index is 0.237. The van der Waals surface area contributed by atoms with E-state index in [1.807, 2.05) is 0 Å². The molecule has 0 radical (unpaired) electrons. The molecule has 20 heavy (non-hydrogen) atoms. The molecule has 1 heterocycles. The third-order valence-electron chi connectivity index (χ3n) is 2.36. The monoisotopic (exact) mass is 370 g/mol. The van der Waals surface area contributed by atoms with Crippen LogP contribution in [0.4, 0.5) is 17.6 Å². The lowest BCUT2D eigenvalue weighted by Crippen LogP contribution is -2.19. The summed E-state index contributed by atoms with van der Waals surface area (Å²) >= 11 is 8.62. The number of hydrogen-bond acceptors (Lipinski definition) is 2. The first-order valence-corrected chi connectivity index (χ1v) is 6.19. The van der Waals surface area contributed by atoms with Gasteiger partial charge < -0.3 is 4.98 Å². The number of alkyl halides is 3. The standard InChI is InChI=1S/C11H4BrClF4N2O/c12-5-2-1-4(9(14)8(5)13)6-3-7(11(15,16)17)19-10(20)18-6/h1-3H,(H,18,19,20). The lowest BCUT2D eigenvalue weighted by Gasteiger charge is -2.09. The van der Waals surface area contributed by atoms with Crippen LogP contribution in [0, 0.1) is 5.82 Å². The number of hydrogen-bond donors (Lipinski definition) is 1. The SMILES string of the molecule is O=c1nc(-c2ccc(Br)c(Cl)c2F)cc(C(F)(F)F)[nH]1. The molecule has 0 amide bonds. The van der Waals surface area contributed by atoms with E-state index in [4.69, 9.17) is 11.6 Å². The molecule has 0 bridgehead atoms. The molecule has 0 fully saturated rings. The van der Waals surface area contributed by atoms with Gasteiger partial charge in [-0.25, -0.2) is 9.18 Å². The number of aromatic amines is 1. The first kappa shape index (κ1) is 15.0. The Morgan fingerprint density at radius 1 is 1.30 bits per heavy atom. The van der Waals surface area contributed by atoms with Gasteiger partial charge in [-0.2, -0.15) is 18.2 Å². The molecule has 0 saturated heterocycles. The predicted octanol–water partition coefficient (Wildman–Crippen LogP) is 4.01. The van der Waals surface area contributed by atoms with Crippen molar-refractivity contribution in [2.75, 3.05) is 0 Å². The molecule has 0 aliphatic rings.